The number of primary amides is 1. The van der Waals surface area contributed by atoms with Crippen molar-refractivity contribution in [3.63, 3.8) is 0 Å². The Kier molecular flexibility index (Phi) is 23.9. The molecule has 2 saturated heterocycles. The van der Waals surface area contributed by atoms with E-state index in [-0.39, 0.29) is 68.9 Å². The number of fused-ring (bicyclic) bond motifs is 2. The van der Waals surface area contributed by atoms with Gasteiger partial charge in [-0.05, 0) is 103 Å². The molecule has 1 unspecified atom stereocenters. The van der Waals surface area contributed by atoms with Gasteiger partial charge in [0.25, 0.3) is 0 Å². The minimum absolute atomic E-state index is 0.00464. The number of phenols is 2. The zero-order chi connectivity index (χ0) is 60.3. The highest BCUT2D eigenvalue weighted by atomic mass is 35.5. The average Bonchev–Trinajstić information content (AvgIpc) is 3.60. The lowest BCUT2D eigenvalue weighted by Gasteiger charge is -2.40. The van der Waals surface area contributed by atoms with Crippen molar-refractivity contribution in [2.45, 2.75) is 112 Å². The van der Waals surface area contributed by atoms with Gasteiger partial charge in [-0.25, -0.2) is 0 Å². The Morgan fingerprint density at radius 1 is 0.687 bits per heavy atom. The van der Waals surface area contributed by atoms with Crippen molar-refractivity contribution in [2.24, 2.45) is 17.2 Å². The average molecular weight is 1200 g/mol. The highest BCUT2D eigenvalue weighted by molar-refractivity contribution is 8.77. The van der Waals surface area contributed by atoms with E-state index in [2.05, 4.69) is 47.9 Å². The molecule has 2 aliphatic rings. The van der Waals surface area contributed by atoms with Gasteiger partial charge in [0.15, 0.2) is 0 Å². The number of amides is 10. The molecule has 0 radical (unpaired) electrons. The summed E-state index contributed by atoms with van der Waals surface area (Å²) in [7, 11) is 1.64. The molecule has 0 aliphatic carbocycles. The number of hydrogen-bond donors (Lipinski definition) is 15. The Hall–Kier alpha value is -7.95. The number of benzene rings is 4. The van der Waals surface area contributed by atoms with Gasteiger partial charge >= 0.3 is 0 Å². The van der Waals surface area contributed by atoms with Crippen molar-refractivity contribution in [2.75, 3.05) is 24.2 Å². The Bertz CT molecular complexity index is 2970. The lowest BCUT2D eigenvalue weighted by atomic mass is 9.94. The predicted octanol–water partition coefficient (Wildman–Crippen LogP) is -1.43. The molecule has 4 aromatic carbocycles. The van der Waals surface area contributed by atoms with E-state index in [4.69, 9.17) is 28.8 Å². The SMILES string of the molecule is CC(=O)NCC(=O)Nc1ccc(C[C@H]2NC(=O)[C@H](Cc3ccc(O)cc3)NC(=O)[C@H](NC(=O)[C@@H](N)Cc3ccc(Cl)cc3)CSSC3[C@@H](C(=O)N[C@H](Cc4ccc(O)cc4)C(N)=O)NC(=O)[C@@H](NC(=O)[C@H](CCCCN)NC2=O)[C@@H]3O)cc1. The maximum Gasteiger partial charge on any atom is 0.246 e. The number of carbonyl (C=O) groups excluding carboxylic acids is 10. The predicted molar refractivity (Wildman–Crippen MR) is 310 cm³/mol. The molecule has 18 N–H and O–H groups in total. The van der Waals surface area contributed by atoms with Crippen LogP contribution in [-0.2, 0) is 73.6 Å². The number of halogens is 1. The van der Waals surface area contributed by atoms with E-state index < -0.39 is 119 Å². The maximum atomic E-state index is 14.8. The van der Waals surface area contributed by atoms with Gasteiger partial charge < -0.3 is 80.4 Å². The first-order valence-electron chi connectivity index (χ1n) is 26.3. The minimum atomic E-state index is -1.90. The van der Waals surface area contributed by atoms with Crippen molar-refractivity contribution >= 4 is 97.9 Å². The molecule has 2 fully saturated rings. The van der Waals surface area contributed by atoms with Crippen molar-refractivity contribution in [1.29, 1.82) is 0 Å². The van der Waals surface area contributed by atoms with Crippen molar-refractivity contribution in [3.8, 4) is 11.5 Å². The third kappa shape index (κ3) is 19.6. The van der Waals surface area contributed by atoms with Gasteiger partial charge in [0.1, 0.15) is 53.8 Å². The van der Waals surface area contributed by atoms with Crippen LogP contribution >= 0.6 is 33.2 Å². The summed E-state index contributed by atoms with van der Waals surface area (Å²) >= 11 is 6.08. The third-order valence-corrected chi connectivity index (χ3v) is 16.5. The van der Waals surface area contributed by atoms with E-state index in [0.29, 0.717) is 39.4 Å². The van der Waals surface area contributed by atoms with Crippen LogP contribution in [0.2, 0.25) is 5.02 Å². The highest BCUT2D eigenvalue weighted by Crippen LogP contribution is 2.35. The summed E-state index contributed by atoms with van der Waals surface area (Å²) in [5.74, 6) is -8.98. The number of aliphatic hydroxyl groups excluding tert-OH is 1. The third-order valence-electron chi connectivity index (χ3n) is 13.4. The maximum absolute atomic E-state index is 14.8. The number of unbranched alkanes of at least 4 members (excludes halogenated alkanes) is 1. The summed E-state index contributed by atoms with van der Waals surface area (Å²) in [6.45, 7) is 1.15. The van der Waals surface area contributed by atoms with Gasteiger partial charge in [-0.3, -0.25) is 47.9 Å². The fourth-order valence-corrected chi connectivity index (χ4v) is 11.9. The van der Waals surface area contributed by atoms with E-state index >= 15 is 0 Å². The summed E-state index contributed by atoms with van der Waals surface area (Å²) in [5, 5.41) is 54.6. The molecular weight excluding hydrogens is 1140 g/mol. The van der Waals surface area contributed by atoms with Crippen LogP contribution in [0.5, 0.6) is 11.5 Å². The Morgan fingerprint density at radius 2 is 1.22 bits per heavy atom. The smallest absolute Gasteiger partial charge is 0.246 e. The molecule has 2 aliphatic heterocycles. The molecule has 4 aromatic rings. The Labute approximate surface area is 490 Å². The molecule has 2 bridgehead atoms. The molecule has 83 heavy (non-hydrogen) atoms. The summed E-state index contributed by atoms with van der Waals surface area (Å²) in [6.07, 6.45) is -1.95. The number of aromatic hydroxyl groups is 2. The van der Waals surface area contributed by atoms with Gasteiger partial charge in [-0.2, -0.15) is 0 Å². The first-order chi connectivity index (χ1) is 39.6. The molecule has 28 heteroatoms. The molecule has 444 valence electrons. The lowest BCUT2D eigenvalue weighted by molar-refractivity contribution is -0.140. The number of nitrogens with one attached hydrogen (secondary N) is 9. The number of piperidine rings is 1. The fraction of sp³-hybridized carbons (Fsp3) is 0.382. The first-order valence-corrected chi connectivity index (χ1v) is 29.1. The van der Waals surface area contributed by atoms with Gasteiger partial charge in [0.2, 0.25) is 59.1 Å². The van der Waals surface area contributed by atoms with Crippen LogP contribution in [0.3, 0.4) is 0 Å². The van der Waals surface area contributed by atoms with Crippen LogP contribution in [0.4, 0.5) is 5.69 Å². The van der Waals surface area contributed by atoms with Crippen molar-refractivity contribution in [3.05, 3.63) is 124 Å². The van der Waals surface area contributed by atoms with E-state index in [9.17, 15) is 63.3 Å². The summed E-state index contributed by atoms with van der Waals surface area (Å²) in [4.78, 5) is 138. The van der Waals surface area contributed by atoms with Crippen LogP contribution in [0.15, 0.2) is 97.1 Å². The number of carbonyl (C=O) groups is 10. The standard InChI is InChI=1S/C55H67ClN12O13S2/c1-28(69)60-26-43(72)61-34-15-7-30(8-16-34)24-40-51(77)62-38(4-2-3-21-57)50(76)67-44-46(73)47(45(68-54(44)80)55(81)63-39(48(59)74)23-31-9-17-35(70)18-10-31)83-82-27-42(66-49(75)37(58)22-29-5-13-33(56)14-6-29)53(79)65-41(52(78)64-40)25-32-11-19-36(71)20-12-32/h5-20,37-42,44-47,70-71,73H,2-4,21-27,57-58H2,1H3,(H2,59,74)(H,60,69)(H,61,72)(H,62,77)(H,63,81)(H,64,78)(H,65,79)(H,66,75)(H,67,76)(H,68,80)/t37-,38-,39+,40+,41-,42+,44-,45-,46-,47?/m0/s1. The lowest BCUT2D eigenvalue weighted by Crippen LogP contribution is -2.71. The van der Waals surface area contributed by atoms with Crippen molar-refractivity contribution < 1.29 is 63.3 Å². The van der Waals surface area contributed by atoms with E-state index in [1.165, 1.54) is 67.6 Å². The number of anilines is 1. The molecule has 0 spiro atoms. The van der Waals surface area contributed by atoms with Crippen LogP contribution in [0.1, 0.15) is 48.4 Å². The fourth-order valence-electron chi connectivity index (χ4n) is 8.80. The number of nitrogens with two attached hydrogens (primary N) is 3. The number of rotatable bonds is 20. The molecule has 0 saturated carbocycles. The van der Waals surface area contributed by atoms with Crippen LogP contribution in [-0.4, -0.2) is 153 Å². The zero-order valence-corrected chi connectivity index (χ0v) is 47.3. The topological polar surface area (TPSA) is 418 Å². The number of phenolic OH excluding ortho intramolecular Hbond substituents is 2. The molecule has 25 nitrogen and oxygen atoms in total. The van der Waals surface area contributed by atoms with Crippen molar-refractivity contribution in [1.82, 2.24) is 42.5 Å². The largest absolute Gasteiger partial charge is 0.508 e. The first kappa shape index (κ1) is 64.2. The number of hydrogen-bond acceptors (Lipinski definition) is 17. The molecule has 10 atom stereocenters. The number of aliphatic hydroxyl groups is 1. The monoisotopic (exact) mass is 1200 g/mol. The second-order valence-corrected chi connectivity index (χ2v) is 22.9. The second kappa shape index (κ2) is 30.9. The van der Waals surface area contributed by atoms with Gasteiger partial charge in [-0.15, -0.1) is 0 Å². The summed E-state index contributed by atoms with van der Waals surface area (Å²) in [6, 6.07) is 12.0. The Morgan fingerprint density at radius 3 is 1.80 bits per heavy atom. The normalized spacial score (nSPS) is 22.3. The van der Waals surface area contributed by atoms with Gasteiger partial charge in [0.05, 0.1) is 23.9 Å². The molecule has 10 amide bonds. The quantitative estimate of drug-likeness (QED) is 0.0356. The summed E-state index contributed by atoms with van der Waals surface area (Å²) < 4.78 is 0. The zero-order valence-electron chi connectivity index (χ0n) is 44.9. The molecule has 0 aromatic heterocycles. The van der Waals surface area contributed by atoms with Crippen LogP contribution in [0, 0.1) is 0 Å². The summed E-state index contributed by atoms with van der Waals surface area (Å²) in [5.41, 5.74) is 20.2. The van der Waals surface area contributed by atoms with Gasteiger partial charge in [-0.1, -0.05) is 81.7 Å². The highest BCUT2D eigenvalue weighted by Gasteiger charge is 2.49. The van der Waals surface area contributed by atoms with Crippen LogP contribution < -0.4 is 65.1 Å². The van der Waals surface area contributed by atoms with E-state index in [1.807, 2.05) is 0 Å². The Balaban J connectivity index is 1.39. The molecule has 6 rings (SSSR count). The molecule has 2 heterocycles. The van der Waals surface area contributed by atoms with E-state index in [0.717, 1.165) is 21.6 Å². The van der Waals surface area contributed by atoms with Gasteiger partial charge in [0, 0.05) is 42.6 Å². The minimum Gasteiger partial charge on any atom is -0.508 e. The van der Waals surface area contributed by atoms with E-state index in [1.54, 1.807) is 36.4 Å². The molecular formula is C55H67ClN12O13S2. The van der Waals surface area contributed by atoms with Crippen LogP contribution in [0.25, 0.3) is 0 Å². The second-order valence-electron chi connectivity index (χ2n) is 19.8.